The van der Waals surface area contributed by atoms with Crippen LogP contribution in [0.4, 0.5) is 14.5 Å². The molecule has 30 heavy (non-hydrogen) atoms. The van der Waals surface area contributed by atoms with Gasteiger partial charge in [0.25, 0.3) is 0 Å². The lowest BCUT2D eigenvalue weighted by atomic mass is 10.0. The molecule has 0 N–H and O–H groups in total. The third kappa shape index (κ3) is 4.41. The summed E-state index contributed by atoms with van der Waals surface area (Å²) in [5.74, 6) is -1.90. The van der Waals surface area contributed by atoms with E-state index in [1.54, 1.807) is 34.1 Å². The summed E-state index contributed by atoms with van der Waals surface area (Å²) in [6.45, 7) is 1.28. The third-order valence-electron chi connectivity index (χ3n) is 5.55. The van der Waals surface area contributed by atoms with E-state index in [0.717, 1.165) is 17.8 Å². The lowest BCUT2D eigenvalue weighted by molar-refractivity contribution is -0.137. The molecule has 0 saturated carbocycles. The quantitative estimate of drug-likeness (QED) is 0.729. The molecule has 2 heterocycles. The SMILES string of the molecule is O=C(C1CC(=O)N(c2ccc(Cl)cc2)C1)N1CCC(Oc2ccc(F)cc2F)CC1. The molecule has 4 rings (SSSR count). The number of amides is 2. The fourth-order valence-electron chi connectivity index (χ4n) is 3.95. The van der Waals surface area contributed by atoms with Crippen molar-refractivity contribution >= 4 is 29.1 Å². The zero-order valence-electron chi connectivity index (χ0n) is 16.2. The smallest absolute Gasteiger partial charge is 0.228 e. The maximum absolute atomic E-state index is 13.8. The number of piperidine rings is 1. The first-order valence-electron chi connectivity index (χ1n) is 9.87. The van der Waals surface area contributed by atoms with Crippen molar-refractivity contribution in [1.82, 2.24) is 4.90 Å². The first-order chi connectivity index (χ1) is 14.4. The topological polar surface area (TPSA) is 49.9 Å². The van der Waals surface area contributed by atoms with Gasteiger partial charge in [0, 0.05) is 55.7 Å². The molecule has 2 fully saturated rings. The third-order valence-corrected chi connectivity index (χ3v) is 5.81. The average molecular weight is 435 g/mol. The van der Waals surface area contributed by atoms with Crippen LogP contribution in [0.1, 0.15) is 19.3 Å². The maximum Gasteiger partial charge on any atom is 0.228 e. The molecule has 0 spiro atoms. The molecule has 1 unspecified atom stereocenters. The molecule has 0 bridgehead atoms. The summed E-state index contributed by atoms with van der Waals surface area (Å²) in [4.78, 5) is 28.7. The van der Waals surface area contributed by atoms with Crippen molar-refractivity contribution in [2.24, 2.45) is 5.92 Å². The maximum atomic E-state index is 13.8. The van der Waals surface area contributed by atoms with Crippen LogP contribution in [0.2, 0.25) is 5.02 Å². The Balaban J connectivity index is 1.32. The molecule has 5 nitrogen and oxygen atoms in total. The summed E-state index contributed by atoms with van der Waals surface area (Å²) in [5, 5.41) is 0.587. The second-order valence-electron chi connectivity index (χ2n) is 7.60. The van der Waals surface area contributed by atoms with Crippen LogP contribution in [-0.2, 0) is 9.59 Å². The molecule has 2 saturated heterocycles. The van der Waals surface area contributed by atoms with Crippen molar-refractivity contribution in [3.05, 3.63) is 59.1 Å². The molecule has 2 aliphatic rings. The number of nitrogens with zero attached hydrogens (tertiary/aromatic N) is 2. The van der Waals surface area contributed by atoms with Gasteiger partial charge in [-0.25, -0.2) is 8.78 Å². The number of carbonyl (C=O) groups excluding carboxylic acids is 2. The van der Waals surface area contributed by atoms with Crippen LogP contribution in [-0.4, -0.2) is 42.5 Å². The van der Waals surface area contributed by atoms with Crippen molar-refractivity contribution < 1.29 is 23.1 Å². The lowest BCUT2D eigenvalue weighted by Gasteiger charge is -2.33. The van der Waals surface area contributed by atoms with Gasteiger partial charge in [0.15, 0.2) is 11.6 Å². The van der Waals surface area contributed by atoms with Gasteiger partial charge in [0.2, 0.25) is 11.8 Å². The van der Waals surface area contributed by atoms with Crippen LogP contribution < -0.4 is 9.64 Å². The highest BCUT2D eigenvalue weighted by molar-refractivity contribution is 6.30. The normalized spacial score (nSPS) is 20.0. The molecule has 2 aromatic carbocycles. The molecule has 0 aliphatic carbocycles. The number of likely N-dealkylation sites (tertiary alicyclic amines) is 1. The lowest BCUT2D eigenvalue weighted by Crippen LogP contribution is -2.45. The highest BCUT2D eigenvalue weighted by Crippen LogP contribution is 2.29. The van der Waals surface area contributed by atoms with E-state index in [1.807, 2.05) is 0 Å². The number of halogens is 3. The molecule has 0 radical (unpaired) electrons. The second kappa shape index (κ2) is 8.60. The zero-order chi connectivity index (χ0) is 21.3. The highest BCUT2D eigenvalue weighted by atomic mass is 35.5. The van der Waals surface area contributed by atoms with Crippen molar-refractivity contribution in [2.75, 3.05) is 24.5 Å². The molecule has 2 amide bonds. The van der Waals surface area contributed by atoms with Gasteiger partial charge in [-0.2, -0.15) is 0 Å². The van der Waals surface area contributed by atoms with E-state index in [4.69, 9.17) is 16.3 Å². The van der Waals surface area contributed by atoms with Gasteiger partial charge in [-0.15, -0.1) is 0 Å². The Morgan fingerprint density at radius 3 is 2.43 bits per heavy atom. The van der Waals surface area contributed by atoms with Gasteiger partial charge in [-0.05, 0) is 36.4 Å². The summed E-state index contributed by atoms with van der Waals surface area (Å²) < 4.78 is 32.4. The molecular formula is C22H21ClF2N2O3. The van der Waals surface area contributed by atoms with Gasteiger partial charge < -0.3 is 14.5 Å². The predicted molar refractivity (Wildman–Crippen MR) is 109 cm³/mol. The summed E-state index contributed by atoms with van der Waals surface area (Å²) >= 11 is 5.90. The van der Waals surface area contributed by atoms with Crippen LogP contribution in [0.25, 0.3) is 0 Å². The monoisotopic (exact) mass is 434 g/mol. The van der Waals surface area contributed by atoms with Gasteiger partial charge in [-0.1, -0.05) is 11.6 Å². The van der Waals surface area contributed by atoms with E-state index in [9.17, 15) is 18.4 Å². The minimum atomic E-state index is -0.736. The Morgan fingerprint density at radius 1 is 1.07 bits per heavy atom. The molecule has 2 aromatic rings. The summed E-state index contributed by atoms with van der Waals surface area (Å²) in [6.07, 6.45) is 1.03. The zero-order valence-corrected chi connectivity index (χ0v) is 16.9. The number of hydrogen-bond acceptors (Lipinski definition) is 3. The summed E-state index contributed by atoms with van der Waals surface area (Å²) in [6, 6.07) is 10.2. The number of anilines is 1. The standard InChI is InChI=1S/C22H21ClF2N2O3/c23-15-1-4-17(5-2-15)27-13-14(11-21(27)28)22(29)26-9-7-18(8-10-26)30-20-6-3-16(24)12-19(20)25/h1-6,12,14,18H,7-11,13H2. The minimum Gasteiger partial charge on any atom is -0.487 e. The summed E-state index contributed by atoms with van der Waals surface area (Å²) in [7, 11) is 0. The predicted octanol–water partition coefficient (Wildman–Crippen LogP) is 4.04. The fourth-order valence-corrected chi connectivity index (χ4v) is 4.07. The molecule has 8 heteroatoms. The van der Waals surface area contributed by atoms with E-state index in [1.165, 1.54) is 6.07 Å². The van der Waals surface area contributed by atoms with Gasteiger partial charge >= 0.3 is 0 Å². The number of ether oxygens (including phenoxy) is 1. The van der Waals surface area contributed by atoms with Crippen molar-refractivity contribution in [1.29, 1.82) is 0 Å². The van der Waals surface area contributed by atoms with Crippen LogP contribution in [0.15, 0.2) is 42.5 Å². The van der Waals surface area contributed by atoms with E-state index in [2.05, 4.69) is 0 Å². The van der Waals surface area contributed by atoms with Crippen LogP contribution in [0.3, 0.4) is 0 Å². The minimum absolute atomic E-state index is 0.0150. The Morgan fingerprint density at radius 2 is 1.77 bits per heavy atom. The Kier molecular flexibility index (Phi) is 5.90. The van der Waals surface area contributed by atoms with Crippen LogP contribution >= 0.6 is 11.6 Å². The molecule has 1 atom stereocenters. The number of hydrogen-bond donors (Lipinski definition) is 0. The van der Waals surface area contributed by atoms with Crippen LogP contribution in [0, 0.1) is 17.6 Å². The highest BCUT2D eigenvalue weighted by Gasteiger charge is 2.38. The second-order valence-corrected chi connectivity index (χ2v) is 8.04. The number of carbonyl (C=O) groups is 2. The molecule has 0 aromatic heterocycles. The first kappa shape index (κ1) is 20.6. The van der Waals surface area contributed by atoms with Crippen molar-refractivity contribution in [3.8, 4) is 5.75 Å². The summed E-state index contributed by atoms with van der Waals surface area (Å²) in [5.41, 5.74) is 0.730. The van der Waals surface area contributed by atoms with Gasteiger partial charge in [-0.3, -0.25) is 9.59 Å². The average Bonchev–Trinajstić information content (AvgIpc) is 3.12. The van der Waals surface area contributed by atoms with E-state index in [-0.39, 0.29) is 36.0 Å². The molecule has 2 aliphatic heterocycles. The van der Waals surface area contributed by atoms with Gasteiger partial charge in [0.05, 0.1) is 5.92 Å². The van der Waals surface area contributed by atoms with E-state index >= 15 is 0 Å². The molecular weight excluding hydrogens is 414 g/mol. The number of benzene rings is 2. The molecule has 158 valence electrons. The Bertz CT molecular complexity index is 946. The van der Waals surface area contributed by atoms with Gasteiger partial charge in [0.1, 0.15) is 11.9 Å². The first-order valence-corrected chi connectivity index (χ1v) is 10.2. The van der Waals surface area contributed by atoms with E-state index < -0.39 is 11.6 Å². The van der Waals surface area contributed by atoms with Crippen molar-refractivity contribution in [3.63, 3.8) is 0 Å². The largest absolute Gasteiger partial charge is 0.487 e. The van der Waals surface area contributed by atoms with Crippen LogP contribution in [0.5, 0.6) is 5.75 Å². The Hall–Kier alpha value is -2.67. The Labute approximate surface area is 178 Å². The van der Waals surface area contributed by atoms with Crippen molar-refractivity contribution in [2.45, 2.75) is 25.4 Å². The van der Waals surface area contributed by atoms with E-state index in [0.29, 0.717) is 37.5 Å². The fraction of sp³-hybridized carbons (Fsp3) is 0.364. The number of rotatable bonds is 4.